The highest BCUT2D eigenvalue weighted by Crippen LogP contribution is 2.41. The fourth-order valence-electron chi connectivity index (χ4n) is 3.66. The average Bonchev–Trinajstić information content (AvgIpc) is 3.47. The molecule has 1 aromatic carbocycles. The Morgan fingerprint density at radius 3 is 3.00 bits per heavy atom. The Hall–Kier alpha value is -4.01. The molecule has 2 aromatic heterocycles. The number of carbonyl (C=O) groups excluding carboxylic acids is 2. The van der Waals surface area contributed by atoms with Crippen LogP contribution in [0.15, 0.2) is 47.1 Å². The summed E-state index contributed by atoms with van der Waals surface area (Å²) in [6.07, 6.45) is 4.87. The molecular weight excluding hydrogens is 388 g/mol. The molecule has 9 heteroatoms. The van der Waals surface area contributed by atoms with E-state index in [-0.39, 0.29) is 30.9 Å². The second-order valence-electron chi connectivity index (χ2n) is 6.99. The zero-order valence-corrected chi connectivity index (χ0v) is 16.0. The van der Waals surface area contributed by atoms with E-state index in [0.717, 1.165) is 11.1 Å². The minimum absolute atomic E-state index is 0.132. The van der Waals surface area contributed by atoms with Crippen molar-refractivity contribution in [3.05, 3.63) is 59.6 Å². The number of nitrogens with one attached hydrogen (secondary N) is 2. The maximum Gasteiger partial charge on any atom is 0.249 e. The van der Waals surface area contributed by atoms with E-state index in [9.17, 15) is 9.59 Å². The molecule has 9 nitrogen and oxygen atoms in total. The summed E-state index contributed by atoms with van der Waals surface area (Å²) in [7, 11) is 1.71. The molecule has 0 saturated carbocycles. The lowest BCUT2D eigenvalue weighted by Crippen LogP contribution is -2.24. The third-order valence-electron chi connectivity index (χ3n) is 5.03. The zero-order chi connectivity index (χ0) is 20.7. The summed E-state index contributed by atoms with van der Waals surface area (Å²) < 4.78 is 17.7. The number of hydrogen-bond donors (Lipinski definition) is 2. The van der Waals surface area contributed by atoms with Gasteiger partial charge in [-0.3, -0.25) is 14.3 Å². The van der Waals surface area contributed by atoms with Crippen LogP contribution in [0.5, 0.6) is 11.5 Å². The van der Waals surface area contributed by atoms with Crippen LogP contribution in [0.4, 0.5) is 11.6 Å². The number of aromatic nitrogens is 2. The topological polar surface area (TPSA) is 108 Å². The monoisotopic (exact) mass is 406 g/mol. The second kappa shape index (κ2) is 7.11. The third-order valence-corrected chi connectivity index (χ3v) is 5.03. The first-order valence-electron chi connectivity index (χ1n) is 9.37. The highest BCUT2D eigenvalue weighted by molar-refractivity contribution is 6.03. The van der Waals surface area contributed by atoms with Gasteiger partial charge in [-0.25, -0.2) is 0 Å². The van der Waals surface area contributed by atoms with Gasteiger partial charge in [-0.2, -0.15) is 5.10 Å². The summed E-state index contributed by atoms with van der Waals surface area (Å²) in [6, 6.07) is 9.01. The van der Waals surface area contributed by atoms with Crippen molar-refractivity contribution in [1.29, 1.82) is 0 Å². The Morgan fingerprint density at radius 2 is 2.17 bits per heavy atom. The average molecular weight is 406 g/mol. The number of fused-ring (bicyclic) bond motifs is 2. The molecule has 2 aliphatic heterocycles. The summed E-state index contributed by atoms with van der Waals surface area (Å²) in [6.45, 7) is 0.196. The summed E-state index contributed by atoms with van der Waals surface area (Å²) >= 11 is 0. The number of carbonyl (C=O) groups is 2. The van der Waals surface area contributed by atoms with Crippen LogP contribution in [0.2, 0.25) is 0 Å². The lowest BCUT2D eigenvalue weighted by Gasteiger charge is -2.22. The highest BCUT2D eigenvalue weighted by atomic mass is 16.7. The largest absolute Gasteiger partial charge is 0.469 e. The van der Waals surface area contributed by atoms with Crippen molar-refractivity contribution in [1.82, 2.24) is 9.78 Å². The van der Waals surface area contributed by atoms with Crippen molar-refractivity contribution in [3.63, 3.8) is 0 Å². The number of benzene rings is 1. The fraction of sp³-hybridized carbons (Fsp3) is 0.190. The SMILES string of the molecule is Cn1nc(NC(=O)/C=C\c2ccc3c(c2)OCO3)c2c1NC(=O)C[C@@H]2c1ccco1. The number of ether oxygens (including phenoxy) is 2. The Bertz CT molecular complexity index is 1160. The van der Waals surface area contributed by atoms with E-state index in [1.807, 2.05) is 12.1 Å². The Balaban J connectivity index is 1.39. The van der Waals surface area contributed by atoms with E-state index < -0.39 is 0 Å². The van der Waals surface area contributed by atoms with Gasteiger partial charge < -0.3 is 24.5 Å². The molecule has 0 radical (unpaired) electrons. The summed E-state index contributed by atoms with van der Waals surface area (Å²) in [4.78, 5) is 24.7. The number of rotatable bonds is 4. The molecule has 2 aliphatic rings. The van der Waals surface area contributed by atoms with E-state index >= 15 is 0 Å². The fourth-order valence-corrected chi connectivity index (χ4v) is 3.66. The van der Waals surface area contributed by atoms with Gasteiger partial charge in [0.15, 0.2) is 17.3 Å². The highest BCUT2D eigenvalue weighted by Gasteiger charge is 2.34. The number of nitrogens with zero attached hydrogens (tertiary/aromatic N) is 2. The number of amides is 2. The van der Waals surface area contributed by atoms with E-state index in [0.29, 0.717) is 28.9 Å². The van der Waals surface area contributed by atoms with Crippen LogP contribution in [0.1, 0.15) is 29.2 Å². The van der Waals surface area contributed by atoms with Gasteiger partial charge in [-0.1, -0.05) is 6.07 Å². The van der Waals surface area contributed by atoms with Crippen LogP contribution < -0.4 is 20.1 Å². The van der Waals surface area contributed by atoms with Crippen LogP contribution in [-0.2, 0) is 16.6 Å². The van der Waals surface area contributed by atoms with Crippen LogP contribution in [0.3, 0.4) is 0 Å². The van der Waals surface area contributed by atoms with E-state index in [2.05, 4.69) is 15.7 Å². The molecule has 0 bridgehead atoms. The molecule has 0 fully saturated rings. The van der Waals surface area contributed by atoms with Crippen LogP contribution in [0.25, 0.3) is 6.08 Å². The minimum atomic E-state index is -0.344. The van der Waals surface area contributed by atoms with Gasteiger partial charge in [0.1, 0.15) is 11.6 Å². The Labute approximate surface area is 171 Å². The van der Waals surface area contributed by atoms with Gasteiger partial charge in [0.05, 0.1) is 17.7 Å². The van der Waals surface area contributed by atoms with Crippen molar-refractivity contribution in [2.75, 3.05) is 17.4 Å². The zero-order valence-electron chi connectivity index (χ0n) is 16.0. The quantitative estimate of drug-likeness (QED) is 0.645. The van der Waals surface area contributed by atoms with Gasteiger partial charge in [0.25, 0.3) is 0 Å². The van der Waals surface area contributed by atoms with E-state index in [1.165, 1.54) is 6.08 Å². The second-order valence-corrected chi connectivity index (χ2v) is 6.99. The smallest absolute Gasteiger partial charge is 0.249 e. The van der Waals surface area contributed by atoms with Crippen LogP contribution in [-0.4, -0.2) is 28.4 Å². The van der Waals surface area contributed by atoms with Crippen molar-refractivity contribution in [3.8, 4) is 11.5 Å². The Morgan fingerprint density at radius 1 is 1.30 bits per heavy atom. The normalized spacial score (nSPS) is 17.1. The Kier molecular flexibility index (Phi) is 4.27. The standard InChI is InChI=1S/C21H18N4O5/c1-25-21-19(13(10-18(27)23-21)14-3-2-8-28-14)20(24-25)22-17(26)7-5-12-4-6-15-16(9-12)30-11-29-15/h2-9,13H,10-11H2,1H3,(H,23,27)(H,22,24,26)/b7-5-/t13-/m1/s1. The number of furan rings is 1. The summed E-state index contributed by atoms with van der Waals surface area (Å²) in [5.74, 6) is 2.10. The lowest BCUT2D eigenvalue weighted by molar-refractivity contribution is -0.116. The molecule has 152 valence electrons. The molecule has 0 unspecified atom stereocenters. The third kappa shape index (κ3) is 3.20. The van der Waals surface area contributed by atoms with Gasteiger partial charge in [-0.15, -0.1) is 0 Å². The number of anilines is 2. The van der Waals surface area contributed by atoms with Crippen molar-refractivity contribution >= 4 is 29.5 Å². The van der Waals surface area contributed by atoms with Crippen molar-refractivity contribution in [2.24, 2.45) is 7.05 Å². The van der Waals surface area contributed by atoms with E-state index in [4.69, 9.17) is 13.9 Å². The van der Waals surface area contributed by atoms with Gasteiger partial charge in [-0.05, 0) is 35.9 Å². The van der Waals surface area contributed by atoms with Gasteiger partial charge in [0, 0.05) is 19.5 Å². The molecule has 0 spiro atoms. The summed E-state index contributed by atoms with van der Waals surface area (Å²) in [5.41, 5.74) is 1.52. The minimum Gasteiger partial charge on any atom is -0.469 e. The molecule has 0 saturated heterocycles. The lowest BCUT2D eigenvalue weighted by atomic mass is 9.91. The predicted octanol–water partition coefficient (Wildman–Crippen LogP) is 2.87. The van der Waals surface area contributed by atoms with E-state index in [1.54, 1.807) is 42.3 Å². The van der Waals surface area contributed by atoms with Crippen LogP contribution in [0, 0.1) is 0 Å². The predicted molar refractivity (Wildman–Crippen MR) is 107 cm³/mol. The number of hydrogen-bond acceptors (Lipinski definition) is 6. The molecule has 2 amide bonds. The number of aryl methyl sites for hydroxylation is 1. The first-order valence-corrected chi connectivity index (χ1v) is 9.37. The maximum absolute atomic E-state index is 12.6. The van der Waals surface area contributed by atoms with Crippen LogP contribution >= 0.6 is 0 Å². The molecule has 2 N–H and O–H groups in total. The summed E-state index contributed by atoms with van der Waals surface area (Å²) in [5, 5.41) is 10.0. The van der Waals surface area contributed by atoms with Crippen molar-refractivity contribution < 1.29 is 23.5 Å². The molecule has 0 aliphatic carbocycles. The molecular formula is C21H18N4O5. The van der Waals surface area contributed by atoms with Gasteiger partial charge >= 0.3 is 0 Å². The molecule has 1 atom stereocenters. The molecule has 3 aromatic rings. The molecule has 30 heavy (non-hydrogen) atoms. The van der Waals surface area contributed by atoms with Gasteiger partial charge in [0.2, 0.25) is 18.6 Å². The first-order chi connectivity index (χ1) is 14.6. The first kappa shape index (κ1) is 18.0. The molecule has 4 heterocycles. The molecule has 5 rings (SSSR count). The van der Waals surface area contributed by atoms with Crippen molar-refractivity contribution in [2.45, 2.75) is 12.3 Å². The maximum atomic E-state index is 12.6.